The molecule has 0 aliphatic rings. The minimum atomic E-state index is -1.09. The molecule has 0 saturated heterocycles. The molecule has 0 spiro atoms. The normalized spacial score (nSPS) is 11.2. The second kappa shape index (κ2) is 14.0. The van der Waals surface area contributed by atoms with Crippen LogP contribution in [0.2, 0.25) is 5.02 Å². The van der Waals surface area contributed by atoms with Crippen LogP contribution in [0.3, 0.4) is 0 Å². The van der Waals surface area contributed by atoms with E-state index in [9.17, 15) is 19.2 Å². The van der Waals surface area contributed by atoms with Crippen molar-refractivity contribution in [2.45, 2.75) is 19.4 Å². The molecule has 0 radical (unpaired) electrons. The average molecular weight is 586 g/mol. The first-order chi connectivity index (χ1) is 18.7. The van der Waals surface area contributed by atoms with E-state index in [4.69, 9.17) is 21.4 Å². The van der Waals surface area contributed by atoms with Crippen molar-refractivity contribution in [1.82, 2.24) is 9.78 Å². The van der Waals surface area contributed by atoms with Crippen LogP contribution in [0.1, 0.15) is 40.7 Å². The largest absolute Gasteiger partial charge is 1.00 e. The molecule has 40 heavy (non-hydrogen) atoms. The second-order valence-electron chi connectivity index (χ2n) is 8.67. The van der Waals surface area contributed by atoms with Gasteiger partial charge in [0.2, 0.25) is 11.8 Å². The van der Waals surface area contributed by atoms with Gasteiger partial charge < -0.3 is 16.6 Å². The zero-order chi connectivity index (χ0) is 28.1. The van der Waals surface area contributed by atoms with Crippen LogP contribution < -0.4 is 67.0 Å². The number of amides is 1. The molecule has 200 valence electrons. The number of nitrogens with zero attached hydrogens (tertiary/aromatic N) is 2. The molecule has 9 nitrogen and oxygen atoms in total. The molecule has 1 atom stereocenters. The molecule has 0 fully saturated rings. The molecule has 3 aromatic carbocycles. The van der Waals surface area contributed by atoms with Crippen molar-refractivity contribution in [2.24, 2.45) is 0 Å². The number of carboxylic acid groups (broad SMARTS) is 1. The van der Waals surface area contributed by atoms with E-state index in [0.29, 0.717) is 21.8 Å². The van der Waals surface area contributed by atoms with Gasteiger partial charge in [0.15, 0.2) is 5.78 Å². The van der Waals surface area contributed by atoms with Gasteiger partial charge in [0.25, 0.3) is 5.56 Å². The van der Waals surface area contributed by atoms with Gasteiger partial charge in [-0.05, 0) is 60.5 Å². The first-order valence-corrected chi connectivity index (χ1v) is 12.2. The summed E-state index contributed by atoms with van der Waals surface area (Å²) in [6.45, 7) is 1.40. The number of anilines is 1. The molecule has 4 rings (SSSR count). The van der Waals surface area contributed by atoms with E-state index >= 15 is 0 Å². The summed E-state index contributed by atoms with van der Waals surface area (Å²) < 4.78 is 6.53. The van der Waals surface area contributed by atoms with Gasteiger partial charge >= 0.3 is 57.4 Å². The number of hydrogen-bond donors (Lipinski definition) is 2. The summed E-state index contributed by atoms with van der Waals surface area (Å²) in [5, 5.41) is 16.6. The Hall–Kier alpha value is -3.12. The number of Topliss-reactive ketones (excluding diaryl/α,β-unsaturated/α-hetero) is 1. The van der Waals surface area contributed by atoms with E-state index in [1.54, 1.807) is 18.2 Å². The minimum Gasteiger partial charge on any atom is -1.00 e. The van der Waals surface area contributed by atoms with Crippen molar-refractivity contribution in [3.8, 4) is 17.0 Å². The van der Waals surface area contributed by atoms with Crippen molar-refractivity contribution in [1.29, 1.82) is 0 Å². The smallest absolute Gasteiger partial charge is 1.00 e. The predicted octanol–water partition coefficient (Wildman–Crippen LogP) is 2.01. The number of hydrogen-bond acceptors (Lipinski definition) is 6. The van der Waals surface area contributed by atoms with Crippen molar-refractivity contribution < 1.29 is 77.0 Å². The molecular formula is C29H25ClKN3O6. The number of ketones is 1. The van der Waals surface area contributed by atoms with Crippen LogP contribution in [0.25, 0.3) is 11.1 Å². The number of methoxy groups -OCH3 is 1. The summed E-state index contributed by atoms with van der Waals surface area (Å²) in [5.41, 5.74) is 1.57. The Morgan fingerprint density at radius 3 is 2.30 bits per heavy atom. The summed E-state index contributed by atoms with van der Waals surface area (Å²) in [7, 11) is 1.37. The molecule has 1 aromatic heterocycles. The molecule has 11 heteroatoms. The quantitative estimate of drug-likeness (QED) is 0.227. The van der Waals surface area contributed by atoms with Gasteiger partial charge in [0.1, 0.15) is 6.04 Å². The van der Waals surface area contributed by atoms with Gasteiger partial charge in [-0.15, -0.1) is 5.10 Å². The number of carboxylic acids is 1. The molecule has 1 heterocycles. The zero-order valence-electron chi connectivity index (χ0n) is 23.1. The Labute approximate surface area is 279 Å². The Morgan fingerprint density at radius 2 is 1.70 bits per heavy atom. The minimum absolute atomic E-state index is 0. The van der Waals surface area contributed by atoms with Gasteiger partial charge in [0, 0.05) is 28.8 Å². The van der Waals surface area contributed by atoms with E-state index in [2.05, 4.69) is 10.4 Å². The monoisotopic (exact) mass is 585 g/mol. The second-order valence-corrected chi connectivity index (χ2v) is 9.11. The Bertz CT molecular complexity index is 1610. The fourth-order valence-electron chi connectivity index (χ4n) is 4.11. The SMILES string of the molecule is COc1nn(C(Cc2ccccc2)C(=O)Nc2ccc(C(=O)O)cc2)c(=O)cc1-c1cc(Cl)ccc1C(C)=O.[H-].[K+]. The number of carbonyl (C=O) groups excluding carboxylic acids is 2. The van der Waals surface area contributed by atoms with Gasteiger partial charge in [0.05, 0.1) is 18.2 Å². The summed E-state index contributed by atoms with van der Waals surface area (Å²) in [6, 6.07) is 19.6. The number of aromatic carboxylic acids is 1. The Morgan fingerprint density at radius 1 is 1.02 bits per heavy atom. The standard InChI is InChI=1S/C29H24ClN3O6.K.H/c1-17(34)22-13-10-20(30)15-23(22)24-16-26(35)33(32-28(24)39-2)25(14-18-6-4-3-5-7-18)27(36)31-21-11-8-19(9-12-21)29(37)38;;/h3-13,15-16,25H,14H2,1-2H3,(H,31,36)(H,37,38);;/q;+1;-1. The summed E-state index contributed by atoms with van der Waals surface area (Å²) in [6.07, 6.45) is 0.130. The van der Waals surface area contributed by atoms with Crippen LogP contribution in [0.15, 0.2) is 83.7 Å². The summed E-state index contributed by atoms with van der Waals surface area (Å²) >= 11 is 6.18. The van der Waals surface area contributed by atoms with Crippen LogP contribution in [0, 0.1) is 0 Å². The Balaban J connectivity index is 0.00000294. The van der Waals surface area contributed by atoms with E-state index < -0.39 is 23.5 Å². The number of aromatic nitrogens is 2. The van der Waals surface area contributed by atoms with Crippen molar-refractivity contribution in [2.75, 3.05) is 12.4 Å². The average Bonchev–Trinajstić information content (AvgIpc) is 2.92. The van der Waals surface area contributed by atoms with Gasteiger partial charge in [-0.1, -0.05) is 41.9 Å². The first-order valence-electron chi connectivity index (χ1n) is 11.8. The third-order valence-corrected chi connectivity index (χ3v) is 6.27. The third-order valence-electron chi connectivity index (χ3n) is 6.04. The van der Waals surface area contributed by atoms with Crippen LogP contribution in [-0.2, 0) is 11.2 Å². The van der Waals surface area contributed by atoms with Gasteiger partial charge in [-0.2, -0.15) is 0 Å². The first kappa shape index (κ1) is 31.4. The van der Waals surface area contributed by atoms with Crippen molar-refractivity contribution in [3.63, 3.8) is 0 Å². The number of ether oxygens (including phenoxy) is 1. The fourth-order valence-corrected chi connectivity index (χ4v) is 4.29. The molecule has 2 N–H and O–H groups in total. The van der Waals surface area contributed by atoms with Crippen molar-refractivity contribution >= 4 is 34.9 Å². The van der Waals surface area contributed by atoms with Crippen LogP contribution in [0.5, 0.6) is 5.88 Å². The third kappa shape index (κ3) is 7.33. The maximum Gasteiger partial charge on any atom is 1.00 e. The van der Waals surface area contributed by atoms with E-state index in [1.165, 1.54) is 44.4 Å². The number of halogens is 1. The summed E-state index contributed by atoms with van der Waals surface area (Å²) in [5.74, 6) is -1.84. The van der Waals surface area contributed by atoms with E-state index in [-0.39, 0.29) is 82.0 Å². The molecular weight excluding hydrogens is 561 g/mol. The Kier molecular flexibility index (Phi) is 11.0. The topological polar surface area (TPSA) is 128 Å². The molecule has 4 aromatic rings. The number of nitrogens with one attached hydrogen (secondary N) is 1. The number of benzene rings is 3. The van der Waals surface area contributed by atoms with E-state index in [1.807, 2.05) is 30.3 Å². The van der Waals surface area contributed by atoms with Gasteiger partial charge in [-0.25, -0.2) is 9.48 Å². The molecule has 1 amide bonds. The zero-order valence-corrected chi connectivity index (χ0v) is 25.9. The predicted molar refractivity (Wildman–Crippen MR) is 148 cm³/mol. The maximum absolute atomic E-state index is 13.5. The van der Waals surface area contributed by atoms with Crippen LogP contribution in [0.4, 0.5) is 5.69 Å². The molecule has 1 unspecified atom stereocenters. The van der Waals surface area contributed by atoms with Crippen molar-refractivity contribution in [3.05, 3.63) is 111 Å². The molecule has 0 bridgehead atoms. The molecule has 0 saturated carbocycles. The maximum atomic E-state index is 13.5. The summed E-state index contributed by atoms with van der Waals surface area (Å²) in [4.78, 5) is 50.4. The van der Waals surface area contributed by atoms with Gasteiger partial charge in [-0.3, -0.25) is 14.4 Å². The van der Waals surface area contributed by atoms with E-state index in [0.717, 1.165) is 10.2 Å². The number of rotatable bonds is 9. The number of carbonyl (C=O) groups is 3. The molecule has 0 aliphatic carbocycles. The van der Waals surface area contributed by atoms with Crippen LogP contribution in [-0.4, -0.2) is 39.7 Å². The fraction of sp³-hybridized carbons (Fsp3) is 0.138. The van der Waals surface area contributed by atoms with Crippen LogP contribution >= 0.6 is 11.6 Å². The molecule has 0 aliphatic heterocycles.